The van der Waals surface area contributed by atoms with Crippen molar-refractivity contribution in [1.82, 2.24) is 0 Å². The summed E-state index contributed by atoms with van der Waals surface area (Å²) in [6.07, 6.45) is 0.754. The molecule has 0 radical (unpaired) electrons. The van der Waals surface area contributed by atoms with E-state index >= 15 is 0 Å². The van der Waals surface area contributed by atoms with Gasteiger partial charge in [-0.3, -0.25) is 9.59 Å². The highest BCUT2D eigenvalue weighted by Gasteiger charge is 2.39. The lowest BCUT2D eigenvalue weighted by Gasteiger charge is -2.34. The molecular weight excluding hydrogens is 254 g/mol. The van der Waals surface area contributed by atoms with Gasteiger partial charge >= 0.3 is 5.97 Å². The first-order valence-corrected chi connectivity index (χ1v) is 5.62. The molecule has 0 rings (SSSR count). The zero-order chi connectivity index (χ0) is 15.3. The first-order chi connectivity index (χ1) is 8.46. The van der Waals surface area contributed by atoms with Crippen LogP contribution >= 0.6 is 0 Å². The monoisotopic (exact) mass is 273 g/mol. The van der Waals surface area contributed by atoms with Crippen LogP contribution in [0, 0.1) is 0 Å². The van der Waals surface area contributed by atoms with E-state index in [1.54, 1.807) is 21.1 Å². The maximum atomic E-state index is 11.8. The second kappa shape index (κ2) is 6.44. The molecule has 0 saturated carbocycles. The van der Waals surface area contributed by atoms with Gasteiger partial charge in [0.25, 0.3) is 0 Å². The summed E-state index contributed by atoms with van der Waals surface area (Å²) in [4.78, 5) is 32.8. The van der Waals surface area contributed by atoms with E-state index in [0.29, 0.717) is 0 Å². The summed E-state index contributed by atoms with van der Waals surface area (Å²) in [6, 6.07) is 0. The average molecular weight is 273 g/mol. The van der Waals surface area contributed by atoms with Crippen LogP contribution in [0.5, 0.6) is 0 Å². The quantitative estimate of drug-likeness (QED) is 0.397. The summed E-state index contributed by atoms with van der Waals surface area (Å²) in [7, 11) is 5.07. The molecule has 2 N–H and O–H groups in total. The van der Waals surface area contributed by atoms with E-state index in [4.69, 9.17) is 5.11 Å². The smallest absolute Gasteiger partial charge is 0.307 e. The Labute approximate surface area is 111 Å². The summed E-state index contributed by atoms with van der Waals surface area (Å²) < 4.78 is 0.169. The van der Waals surface area contributed by atoms with Crippen LogP contribution in [-0.2, 0) is 14.4 Å². The Bertz CT molecular complexity index is 396. The summed E-state index contributed by atoms with van der Waals surface area (Å²) >= 11 is 0. The summed E-state index contributed by atoms with van der Waals surface area (Å²) in [5.74, 6) is -3.51. The molecule has 1 unspecified atom stereocenters. The minimum Gasteiger partial charge on any atom is -0.550 e. The number of aliphatic carboxylic acids is 2. The van der Waals surface area contributed by atoms with E-state index in [1.807, 2.05) is 0 Å². The van der Waals surface area contributed by atoms with Gasteiger partial charge in [-0.1, -0.05) is 6.08 Å². The van der Waals surface area contributed by atoms with E-state index in [0.717, 1.165) is 12.2 Å². The number of rotatable bonds is 8. The molecule has 0 aliphatic heterocycles. The number of nitrogens with zero attached hydrogens (tertiary/aromatic N) is 1. The van der Waals surface area contributed by atoms with Crippen molar-refractivity contribution in [3.05, 3.63) is 12.2 Å². The number of hydrogen-bond acceptors (Lipinski definition) is 5. The molecule has 108 valence electrons. The number of quaternary nitrogens is 1. The van der Waals surface area contributed by atoms with Crippen LogP contribution in [0.25, 0.3) is 0 Å². The molecule has 0 amide bonds. The molecule has 1 atom stereocenters. The van der Waals surface area contributed by atoms with Crippen molar-refractivity contribution >= 4 is 17.7 Å². The second-order valence-electron chi connectivity index (χ2n) is 5.39. The molecule has 7 nitrogen and oxygen atoms in total. The first-order valence-electron chi connectivity index (χ1n) is 5.62. The van der Waals surface area contributed by atoms with E-state index in [-0.39, 0.29) is 17.4 Å². The minimum atomic E-state index is -2.11. The normalized spacial score (nSPS) is 15.2. The third-order valence-electron chi connectivity index (χ3n) is 2.19. The molecule has 0 aliphatic rings. The highest BCUT2D eigenvalue weighted by atomic mass is 16.4. The van der Waals surface area contributed by atoms with Gasteiger partial charge in [-0.25, -0.2) is 0 Å². The van der Waals surface area contributed by atoms with Crippen LogP contribution in [0.15, 0.2) is 12.2 Å². The van der Waals surface area contributed by atoms with Gasteiger partial charge in [0.15, 0.2) is 11.4 Å². The molecule has 0 saturated heterocycles. The van der Waals surface area contributed by atoms with Crippen molar-refractivity contribution < 1.29 is 34.2 Å². The van der Waals surface area contributed by atoms with Gasteiger partial charge in [-0.05, 0) is 6.08 Å². The molecule has 0 fully saturated rings. The molecule has 7 heteroatoms. The Morgan fingerprint density at radius 2 is 1.79 bits per heavy atom. The van der Waals surface area contributed by atoms with Crippen molar-refractivity contribution in [2.75, 3.05) is 27.7 Å². The highest BCUT2D eigenvalue weighted by Crippen LogP contribution is 2.16. The van der Waals surface area contributed by atoms with Crippen molar-refractivity contribution in [1.29, 1.82) is 0 Å². The highest BCUT2D eigenvalue weighted by molar-refractivity contribution is 5.99. The lowest BCUT2D eigenvalue weighted by atomic mass is 9.92. The summed E-state index contributed by atoms with van der Waals surface area (Å²) in [5, 5.41) is 29.2. The van der Waals surface area contributed by atoms with Crippen LogP contribution in [0.2, 0.25) is 0 Å². The number of aliphatic hydroxyl groups is 1. The van der Waals surface area contributed by atoms with Crippen molar-refractivity contribution in [2.45, 2.75) is 18.4 Å². The topological polar surface area (TPSA) is 115 Å². The SMILES string of the molecule is C[N+](C)(C)CC(O)(CC(=O)[O-])C(=O)C=CCC(=O)O. The molecule has 0 heterocycles. The van der Waals surface area contributed by atoms with E-state index in [2.05, 4.69) is 0 Å². The van der Waals surface area contributed by atoms with Crippen molar-refractivity contribution in [3.63, 3.8) is 0 Å². The van der Waals surface area contributed by atoms with Gasteiger partial charge in [0.1, 0.15) is 6.54 Å². The fourth-order valence-electron chi connectivity index (χ4n) is 1.67. The number of carboxylic acid groups (broad SMARTS) is 2. The molecular formula is C12H19NO6. The van der Waals surface area contributed by atoms with Crippen LogP contribution in [0.4, 0.5) is 0 Å². The maximum Gasteiger partial charge on any atom is 0.307 e. The third kappa shape index (κ3) is 7.32. The van der Waals surface area contributed by atoms with Crippen LogP contribution in [0.1, 0.15) is 12.8 Å². The maximum absolute atomic E-state index is 11.8. The Hall–Kier alpha value is -1.73. The Morgan fingerprint density at radius 1 is 1.26 bits per heavy atom. The molecule has 0 aliphatic carbocycles. The lowest BCUT2D eigenvalue weighted by Crippen LogP contribution is -2.55. The summed E-state index contributed by atoms with van der Waals surface area (Å²) in [5.41, 5.74) is -2.11. The largest absolute Gasteiger partial charge is 0.550 e. The number of hydrogen-bond donors (Lipinski definition) is 2. The van der Waals surface area contributed by atoms with Gasteiger partial charge in [0.05, 0.1) is 27.6 Å². The van der Waals surface area contributed by atoms with Crippen molar-refractivity contribution in [3.8, 4) is 0 Å². The predicted molar refractivity (Wildman–Crippen MR) is 63.9 cm³/mol. The van der Waals surface area contributed by atoms with Crippen LogP contribution < -0.4 is 5.11 Å². The number of carbonyl (C=O) groups excluding carboxylic acids is 2. The molecule has 0 aromatic heterocycles. The number of ketones is 1. The summed E-state index contributed by atoms with van der Waals surface area (Å²) in [6.45, 7) is -0.128. The molecule has 19 heavy (non-hydrogen) atoms. The fraction of sp³-hybridized carbons (Fsp3) is 0.583. The van der Waals surface area contributed by atoms with Gasteiger partial charge in [0, 0.05) is 12.4 Å². The van der Waals surface area contributed by atoms with Crippen molar-refractivity contribution in [2.24, 2.45) is 0 Å². The third-order valence-corrected chi connectivity index (χ3v) is 2.19. The second-order valence-corrected chi connectivity index (χ2v) is 5.39. The van der Waals surface area contributed by atoms with E-state index in [1.165, 1.54) is 0 Å². The molecule has 0 aromatic carbocycles. The standard InChI is InChI=1S/C12H19NO6/c1-13(2,3)8-12(19,7-11(17)18)9(14)5-4-6-10(15)16/h4-5,19H,6-8H2,1-3H3,(H-,15,16,17,18). The Balaban J connectivity index is 5.02. The first kappa shape index (κ1) is 17.3. The van der Waals surface area contributed by atoms with Crippen LogP contribution in [0.3, 0.4) is 0 Å². The van der Waals surface area contributed by atoms with E-state index in [9.17, 15) is 24.6 Å². The minimum absolute atomic E-state index is 0.128. The Morgan fingerprint density at radius 3 is 2.16 bits per heavy atom. The fourth-order valence-corrected chi connectivity index (χ4v) is 1.67. The zero-order valence-electron chi connectivity index (χ0n) is 11.3. The number of carboxylic acids is 2. The average Bonchev–Trinajstić information content (AvgIpc) is 2.11. The molecule has 0 bridgehead atoms. The Kier molecular flexibility index (Phi) is 5.85. The number of carbonyl (C=O) groups is 3. The van der Waals surface area contributed by atoms with Gasteiger partial charge in [0.2, 0.25) is 0 Å². The van der Waals surface area contributed by atoms with E-state index < -0.39 is 29.7 Å². The van der Waals surface area contributed by atoms with Crippen LogP contribution in [-0.4, -0.2) is 65.7 Å². The van der Waals surface area contributed by atoms with Gasteiger partial charge in [-0.2, -0.15) is 0 Å². The predicted octanol–water partition coefficient (Wildman–Crippen LogP) is -1.84. The van der Waals surface area contributed by atoms with Gasteiger partial charge < -0.3 is 24.6 Å². The zero-order valence-corrected chi connectivity index (χ0v) is 11.3. The molecule has 0 aromatic rings. The molecule has 0 spiro atoms. The number of likely N-dealkylation sites (N-methyl/N-ethyl adjacent to an activating group) is 1. The van der Waals surface area contributed by atoms with Gasteiger partial charge in [-0.15, -0.1) is 0 Å². The lowest BCUT2D eigenvalue weighted by molar-refractivity contribution is -0.875.